The van der Waals surface area contributed by atoms with Crippen LogP contribution in [0, 0.1) is 0 Å². The number of unbranched alkanes of at least 4 members (excludes halogenated alkanes) is 30. The minimum Gasteiger partial charge on any atom is -0.173 e. The topological polar surface area (TPSA) is 103 Å². The van der Waals surface area contributed by atoms with E-state index in [0.29, 0.717) is 0 Å². The summed E-state index contributed by atoms with van der Waals surface area (Å²) in [5.41, 5.74) is 39.3. The van der Waals surface area contributed by atoms with Crippen LogP contribution >= 0.6 is 46.9 Å². The molecule has 123 heavy (non-hydrogen) atoms. The van der Waals surface area contributed by atoms with E-state index in [9.17, 15) is 0 Å². The Morgan fingerprint density at radius 2 is 0.358 bits per heavy atom. The summed E-state index contributed by atoms with van der Waals surface area (Å²) < 4.78 is 40.5. The molecule has 0 fully saturated rings. The maximum absolute atomic E-state index is 5.34. The van der Waals surface area contributed by atoms with Crippen LogP contribution in [0.2, 0.25) is 0 Å². The third kappa shape index (κ3) is 17.8. The molecule has 14 aromatic rings. The lowest BCUT2D eigenvalue weighted by Crippen LogP contribution is -2.25. The molecule has 0 spiro atoms. The van der Waals surface area contributed by atoms with Crippen LogP contribution < -0.4 is 0 Å². The molecule has 10 aromatic carbocycles. The van der Waals surface area contributed by atoms with Crippen LogP contribution in [0.4, 0.5) is 0 Å². The summed E-state index contributed by atoms with van der Waals surface area (Å²) in [5, 5.41) is 0. The monoisotopic (exact) mass is 1700 g/mol. The predicted molar refractivity (Wildman–Crippen MR) is 530 cm³/mol. The van der Waals surface area contributed by atoms with Crippen LogP contribution in [0.25, 0.3) is 144 Å². The lowest BCUT2D eigenvalue weighted by atomic mass is 9.69. The second kappa shape index (κ2) is 40.8. The number of hydrogen-bond donors (Lipinski definition) is 0. The van der Waals surface area contributed by atoms with Gasteiger partial charge < -0.3 is 0 Å². The van der Waals surface area contributed by atoms with E-state index in [1.807, 2.05) is 0 Å². The molecule has 4 aromatic heterocycles. The third-order valence-corrected chi connectivity index (χ3v) is 31.2. The van der Waals surface area contributed by atoms with E-state index in [1.165, 1.54) is 412 Å². The maximum atomic E-state index is 5.34. The molecular weight excluding hydrogens is 1570 g/mol. The smallest absolute Gasteiger partial charge is 0.113 e. The Hall–Kier alpha value is -8.52. The van der Waals surface area contributed by atoms with Crippen molar-refractivity contribution in [2.45, 2.75) is 327 Å². The van der Waals surface area contributed by atoms with Crippen molar-refractivity contribution in [3.05, 3.63) is 203 Å². The summed E-state index contributed by atoms with van der Waals surface area (Å²) in [6.07, 6.45) is 52.6. The van der Waals surface area contributed by atoms with Gasteiger partial charge in [0.2, 0.25) is 0 Å². The fraction of sp³-hybridized carbons (Fsp3) is 0.459. The molecule has 0 radical (unpaired) electrons. The molecule has 638 valence electrons. The first-order chi connectivity index (χ1) is 60.8. The van der Waals surface area contributed by atoms with Gasteiger partial charge >= 0.3 is 0 Å². The van der Waals surface area contributed by atoms with Gasteiger partial charge in [0.05, 0.1) is 46.9 Å². The van der Waals surface area contributed by atoms with Crippen LogP contribution in [-0.2, 0) is 16.2 Å². The molecule has 0 saturated carbocycles. The molecule has 8 nitrogen and oxygen atoms in total. The van der Waals surface area contributed by atoms with Gasteiger partial charge in [0, 0.05) is 49.6 Å². The highest BCUT2D eigenvalue weighted by atomic mass is 32.1. The van der Waals surface area contributed by atoms with Crippen molar-refractivity contribution in [2.75, 3.05) is 0 Å². The van der Waals surface area contributed by atoms with Gasteiger partial charge in [-0.2, -0.15) is 35.0 Å². The molecule has 0 saturated heterocycles. The van der Waals surface area contributed by atoms with Crippen LogP contribution in [0.3, 0.4) is 0 Å². The molecule has 4 heterocycles. The quantitative estimate of drug-likeness (QED) is 0.0348. The second-order valence-electron chi connectivity index (χ2n) is 37.0. The second-order valence-corrected chi connectivity index (χ2v) is 39.1. The van der Waals surface area contributed by atoms with Crippen LogP contribution in [-0.4, -0.2) is 35.0 Å². The largest absolute Gasteiger partial charge is 0.173 e. The van der Waals surface area contributed by atoms with Crippen molar-refractivity contribution in [3.8, 4) is 100 Å². The molecule has 3 aliphatic carbocycles. The summed E-state index contributed by atoms with van der Waals surface area (Å²) in [5.74, 6) is 0. The van der Waals surface area contributed by atoms with Crippen LogP contribution in [0.15, 0.2) is 170 Å². The molecule has 0 unspecified atom stereocenters. The summed E-state index contributed by atoms with van der Waals surface area (Å²) in [7, 11) is 0. The van der Waals surface area contributed by atoms with E-state index in [-0.39, 0.29) is 16.2 Å². The Labute approximate surface area is 751 Å². The Bertz CT molecular complexity index is 5520. The highest BCUT2D eigenvalue weighted by molar-refractivity contribution is 7.01. The maximum Gasteiger partial charge on any atom is 0.113 e. The fourth-order valence-electron chi connectivity index (χ4n) is 22.5. The zero-order chi connectivity index (χ0) is 84.0. The van der Waals surface area contributed by atoms with Gasteiger partial charge in [-0.05, 0) is 187 Å². The van der Waals surface area contributed by atoms with Crippen molar-refractivity contribution in [1.29, 1.82) is 0 Å². The van der Waals surface area contributed by atoms with Gasteiger partial charge in [-0.15, -0.1) is 0 Å². The van der Waals surface area contributed by atoms with Gasteiger partial charge in [-0.1, -0.05) is 394 Å². The molecule has 0 atom stereocenters. The number of fused-ring (bicyclic) bond motifs is 13. The number of hydrogen-bond acceptors (Lipinski definition) is 12. The molecule has 0 amide bonds. The first-order valence-corrected chi connectivity index (χ1v) is 51.5. The molecule has 12 heteroatoms. The Morgan fingerprint density at radius 1 is 0.179 bits per heavy atom. The molecule has 17 rings (SSSR count). The first-order valence-electron chi connectivity index (χ1n) is 48.6. The van der Waals surface area contributed by atoms with Gasteiger partial charge in [-0.25, -0.2) is 0 Å². The minimum atomic E-state index is -0.192. The van der Waals surface area contributed by atoms with Crippen LogP contribution in [0.5, 0.6) is 0 Å². The molecular formula is C111H130N8S4. The van der Waals surface area contributed by atoms with E-state index in [4.69, 9.17) is 35.0 Å². The van der Waals surface area contributed by atoms with Gasteiger partial charge in [0.15, 0.2) is 0 Å². The van der Waals surface area contributed by atoms with Crippen molar-refractivity contribution < 1.29 is 0 Å². The number of rotatable bonds is 48. The van der Waals surface area contributed by atoms with E-state index >= 15 is 0 Å². The lowest BCUT2D eigenvalue weighted by Gasteiger charge is -2.33. The zero-order valence-corrected chi connectivity index (χ0v) is 77.8. The average Bonchev–Trinajstić information content (AvgIpc) is 1.57. The van der Waals surface area contributed by atoms with Crippen molar-refractivity contribution in [1.82, 2.24) is 35.0 Å². The Morgan fingerprint density at radius 3 is 0.577 bits per heavy atom. The number of nitrogens with zero attached hydrogens (tertiary/aromatic N) is 8. The van der Waals surface area contributed by atoms with Crippen LogP contribution in [0.1, 0.15) is 345 Å². The first kappa shape index (κ1) is 86.6. The van der Waals surface area contributed by atoms with E-state index in [1.54, 1.807) is 0 Å². The fourth-order valence-corrected chi connectivity index (χ4v) is 24.7. The molecule has 0 N–H and O–H groups in total. The summed E-state index contributed by atoms with van der Waals surface area (Å²) in [4.78, 5) is 0. The normalized spacial score (nSPS) is 13.9. The van der Waals surface area contributed by atoms with Gasteiger partial charge in [0.1, 0.15) is 44.1 Å². The number of aromatic nitrogens is 8. The molecule has 0 bridgehead atoms. The lowest BCUT2D eigenvalue weighted by molar-refractivity contribution is 0.398. The van der Waals surface area contributed by atoms with Gasteiger partial charge in [-0.3, -0.25) is 0 Å². The van der Waals surface area contributed by atoms with Crippen molar-refractivity contribution in [3.63, 3.8) is 0 Å². The standard InChI is InChI=1S/C111H130N8S4/c1-7-13-19-25-31-37-65-109(66-38-32-26-20-14-8-2)95-71-77(83-45-43-47-101-103(83)114-120-112-101)49-55-89(95)91-57-51-79(73-97(91)109)85-61-63-87(107-105(85)116-122-118-107)81-53-59-93-94-60-54-82(76-100(94)111(99(93)75-81,69-41-35-29-23-17-11-5)70-42-36-30-24-18-12-6)88-64-62-86(106-108(88)119-123-117-106)80-52-58-92-90-56-50-78(84-46-44-48-102-104(84)115-121-113-102)72-96(90)110(98(92)74-80,67-39-33-27-21-15-9-3)68-40-34-28-22-16-10-4/h43-64,71-76H,7-42,65-70H2,1-6H3. The Balaban J connectivity index is 0.736. The average molecular weight is 1700 g/mol. The van der Waals surface area contributed by atoms with Crippen molar-refractivity contribution in [2.24, 2.45) is 0 Å². The minimum absolute atomic E-state index is 0.133. The van der Waals surface area contributed by atoms with E-state index in [2.05, 4.69) is 211 Å². The molecule has 3 aliphatic rings. The third-order valence-electron chi connectivity index (χ3n) is 29.1. The Kier molecular flexibility index (Phi) is 28.8. The number of benzene rings is 10. The molecule has 0 aliphatic heterocycles. The van der Waals surface area contributed by atoms with E-state index < -0.39 is 0 Å². The highest BCUT2D eigenvalue weighted by Crippen LogP contribution is 2.61. The summed E-state index contributed by atoms with van der Waals surface area (Å²) in [6.45, 7) is 14.0. The van der Waals surface area contributed by atoms with E-state index in [0.717, 1.165) is 82.7 Å². The SMILES string of the molecule is CCCCCCCCC1(CCCCCCCC)c2cc(-c3cccc4nsnc34)ccc2-c2ccc(-c3ccc(-c4ccc5c(c4)C(CCCCCCCC)(CCCCCCCC)c4cc(-c6ccc(-c7ccc8c(c7)C(CCCCCCCC)(CCCCCCCC)c7cc(-c9cccc%10nsnc9%10)ccc7-8)c7nsnc67)ccc4-5)c4nsnc34)cc21. The predicted octanol–water partition coefficient (Wildman–Crippen LogP) is 35.0. The highest BCUT2D eigenvalue weighted by Gasteiger charge is 2.47. The van der Waals surface area contributed by atoms with Crippen molar-refractivity contribution >= 4 is 91.0 Å². The summed E-state index contributed by atoms with van der Waals surface area (Å²) in [6, 6.07) is 67.6. The van der Waals surface area contributed by atoms with Gasteiger partial charge in [0.25, 0.3) is 0 Å². The zero-order valence-electron chi connectivity index (χ0n) is 74.6. The summed E-state index contributed by atoms with van der Waals surface area (Å²) >= 11 is 5.38.